The van der Waals surface area contributed by atoms with Gasteiger partial charge in [-0.1, -0.05) is 6.07 Å². The van der Waals surface area contributed by atoms with Crippen molar-refractivity contribution in [2.45, 2.75) is 17.6 Å². The number of fused-ring (bicyclic) bond motifs is 2. The summed E-state index contributed by atoms with van der Waals surface area (Å²) in [5, 5.41) is 0. The lowest BCUT2D eigenvalue weighted by molar-refractivity contribution is 0.467. The monoisotopic (exact) mass is 261 g/mol. The van der Waals surface area contributed by atoms with E-state index in [4.69, 9.17) is 4.74 Å². The number of benzene rings is 1. The number of rotatable bonds is 0. The highest BCUT2D eigenvalue weighted by Crippen LogP contribution is 2.37. The molecule has 92 valence electrons. The normalized spacial score (nSPS) is 16.1. The molecule has 3 rings (SSSR count). The van der Waals surface area contributed by atoms with Gasteiger partial charge >= 0.3 is 0 Å². The summed E-state index contributed by atoms with van der Waals surface area (Å²) in [7, 11) is -3.38. The summed E-state index contributed by atoms with van der Waals surface area (Å²) in [4.78, 5) is 4.19. The van der Waals surface area contributed by atoms with E-state index in [0.717, 1.165) is 5.56 Å². The Morgan fingerprint density at radius 2 is 2.06 bits per heavy atom. The van der Waals surface area contributed by atoms with Gasteiger partial charge in [-0.15, -0.1) is 0 Å². The minimum atomic E-state index is -3.38. The Morgan fingerprint density at radius 1 is 1.22 bits per heavy atom. The minimum absolute atomic E-state index is 0.0768. The van der Waals surface area contributed by atoms with E-state index in [0.29, 0.717) is 17.1 Å². The van der Waals surface area contributed by atoms with Crippen LogP contribution in [0.15, 0.2) is 41.6 Å². The molecule has 2 heterocycles. The zero-order valence-electron chi connectivity index (χ0n) is 9.75. The lowest BCUT2D eigenvalue weighted by Crippen LogP contribution is -2.03. The maximum Gasteiger partial charge on any atom is 0.186 e. The van der Waals surface area contributed by atoms with Crippen molar-refractivity contribution in [3.63, 3.8) is 0 Å². The Bertz CT molecular complexity index is 723. The van der Waals surface area contributed by atoms with Crippen molar-refractivity contribution in [3.05, 3.63) is 47.8 Å². The standard InChI is InChI=1S/C13H11NO3S/c1-9-2-3-12-13(6-9)18(15,16)8-10-7-14-5-4-11(10)17-12/h2-7H,8H2,1H3. The van der Waals surface area contributed by atoms with Crippen molar-refractivity contribution in [2.75, 3.05) is 0 Å². The van der Waals surface area contributed by atoms with Crippen LogP contribution in [0.2, 0.25) is 0 Å². The van der Waals surface area contributed by atoms with Gasteiger partial charge in [0.1, 0.15) is 16.4 Å². The van der Waals surface area contributed by atoms with Crippen LogP contribution in [-0.4, -0.2) is 13.4 Å². The summed E-state index contributed by atoms with van der Waals surface area (Å²) >= 11 is 0. The Hall–Kier alpha value is -1.88. The number of sulfone groups is 1. The first-order chi connectivity index (χ1) is 8.56. The fourth-order valence-electron chi connectivity index (χ4n) is 1.97. The molecule has 1 aromatic carbocycles. The molecule has 1 aromatic heterocycles. The Labute approximate surface area is 105 Å². The van der Waals surface area contributed by atoms with Crippen LogP contribution < -0.4 is 4.74 Å². The van der Waals surface area contributed by atoms with Crippen molar-refractivity contribution in [3.8, 4) is 11.5 Å². The molecule has 0 atom stereocenters. The van der Waals surface area contributed by atoms with Gasteiger partial charge in [-0.25, -0.2) is 8.42 Å². The van der Waals surface area contributed by atoms with E-state index in [2.05, 4.69) is 4.98 Å². The molecule has 0 fully saturated rings. The molecule has 4 nitrogen and oxygen atoms in total. The molecule has 0 spiro atoms. The highest BCUT2D eigenvalue weighted by Gasteiger charge is 2.26. The Morgan fingerprint density at radius 3 is 2.89 bits per heavy atom. The molecule has 0 bridgehead atoms. The van der Waals surface area contributed by atoms with Gasteiger partial charge in [0.25, 0.3) is 0 Å². The second-order valence-electron chi connectivity index (χ2n) is 4.29. The van der Waals surface area contributed by atoms with Gasteiger partial charge in [-0.2, -0.15) is 0 Å². The smallest absolute Gasteiger partial charge is 0.186 e. The van der Waals surface area contributed by atoms with Gasteiger partial charge in [0.15, 0.2) is 9.84 Å². The number of hydrogen-bond donors (Lipinski definition) is 0. The van der Waals surface area contributed by atoms with Crippen LogP contribution in [0.4, 0.5) is 0 Å². The van der Waals surface area contributed by atoms with Crippen molar-refractivity contribution in [2.24, 2.45) is 0 Å². The SMILES string of the molecule is Cc1ccc2c(c1)S(=O)(=O)Cc1cnccc1O2. The summed E-state index contributed by atoms with van der Waals surface area (Å²) in [6.45, 7) is 1.86. The maximum atomic E-state index is 12.3. The average Bonchev–Trinajstić information content (AvgIpc) is 2.43. The molecule has 0 unspecified atom stereocenters. The van der Waals surface area contributed by atoms with Crippen molar-refractivity contribution in [1.82, 2.24) is 4.98 Å². The van der Waals surface area contributed by atoms with Gasteiger partial charge in [0, 0.05) is 18.0 Å². The minimum Gasteiger partial charge on any atom is -0.456 e. The predicted octanol–water partition coefficient (Wildman–Crippen LogP) is 2.47. The first-order valence-corrected chi connectivity index (χ1v) is 7.16. The van der Waals surface area contributed by atoms with Gasteiger partial charge < -0.3 is 4.74 Å². The number of ether oxygens (including phenoxy) is 1. The van der Waals surface area contributed by atoms with Crippen LogP contribution in [0.3, 0.4) is 0 Å². The van der Waals surface area contributed by atoms with Crippen LogP contribution in [0.1, 0.15) is 11.1 Å². The second kappa shape index (κ2) is 3.81. The molecule has 0 aliphatic carbocycles. The quantitative estimate of drug-likeness (QED) is 0.731. The molecule has 0 saturated heterocycles. The fraction of sp³-hybridized carbons (Fsp3) is 0.154. The summed E-state index contributed by atoms with van der Waals surface area (Å²) in [6.07, 6.45) is 3.12. The van der Waals surface area contributed by atoms with Crippen molar-refractivity contribution < 1.29 is 13.2 Å². The third-order valence-electron chi connectivity index (χ3n) is 2.86. The van der Waals surface area contributed by atoms with E-state index in [9.17, 15) is 8.42 Å². The molecule has 0 radical (unpaired) electrons. The van der Waals surface area contributed by atoms with E-state index in [1.165, 1.54) is 6.20 Å². The average molecular weight is 261 g/mol. The van der Waals surface area contributed by atoms with Crippen LogP contribution in [0.25, 0.3) is 0 Å². The summed E-state index contributed by atoms with van der Waals surface area (Å²) in [5.74, 6) is 0.855. The molecule has 0 amide bonds. The third-order valence-corrected chi connectivity index (χ3v) is 4.54. The highest BCUT2D eigenvalue weighted by molar-refractivity contribution is 7.90. The van der Waals surface area contributed by atoms with Crippen molar-refractivity contribution in [1.29, 1.82) is 0 Å². The second-order valence-corrected chi connectivity index (χ2v) is 6.25. The molecule has 18 heavy (non-hydrogen) atoms. The number of hydrogen-bond acceptors (Lipinski definition) is 4. The highest BCUT2D eigenvalue weighted by atomic mass is 32.2. The molecule has 5 heteroatoms. The number of aryl methyl sites for hydroxylation is 1. The lowest BCUT2D eigenvalue weighted by Gasteiger charge is -2.07. The summed E-state index contributed by atoms with van der Waals surface area (Å²) in [6, 6.07) is 6.85. The van der Waals surface area contributed by atoms with Crippen LogP contribution >= 0.6 is 0 Å². The lowest BCUT2D eigenvalue weighted by atomic mass is 10.2. The molecular formula is C13H11NO3S. The largest absolute Gasteiger partial charge is 0.456 e. The topological polar surface area (TPSA) is 56.3 Å². The summed E-state index contributed by atoms with van der Waals surface area (Å²) < 4.78 is 30.3. The Balaban J connectivity index is 2.28. The van der Waals surface area contributed by atoms with E-state index in [1.54, 1.807) is 24.4 Å². The predicted molar refractivity (Wildman–Crippen MR) is 66.4 cm³/mol. The molecule has 1 aliphatic rings. The number of nitrogens with zero attached hydrogens (tertiary/aromatic N) is 1. The van der Waals surface area contributed by atoms with E-state index < -0.39 is 9.84 Å². The fourth-order valence-corrected chi connectivity index (χ4v) is 3.53. The Kier molecular flexibility index (Phi) is 2.38. The van der Waals surface area contributed by atoms with Crippen LogP contribution in [0, 0.1) is 6.92 Å². The van der Waals surface area contributed by atoms with Gasteiger partial charge in [0.05, 0.1) is 5.75 Å². The van der Waals surface area contributed by atoms with Crippen LogP contribution in [0.5, 0.6) is 11.5 Å². The van der Waals surface area contributed by atoms with E-state index >= 15 is 0 Å². The van der Waals surface area contributed by atoms with Gasteiger partial charge in [-0.05, 0) is 30.7 Å². The van der Waals surface area contributed by atoms with E-state index in [-0.39, 0.29) is 10.6 Å². The zero-order valence-corrected chi connectivity index (χ0v) is 10.6. The third kappa shape index (κ3) is 1.76. The van der Waals surface area contributed by atoms with Gasteiger partial charge in [-0.3, -0.25) is 4.98 Å². The molecule has 1 aliphatic heterocycles. The maximum absolute atomic E-state index is 12.3. The van der Waals surface area contributed by atoms with E-state index in [1.807, 2.05) is 13.0 Å². The number of aromatic nitrogens is 1. The number of pyridine rings is 1. The molecule has 0 saturated carbocycles. The van der Waals surface area contributed by atoms with Crippen LogP contribution in [-0.2, 0) is 15.6 Å². The first kappa shape index (κ1) is 11.2. The molecule has 2 aromatic rings. The molecular weight excluding hydrogens is 250 g/mol. The first-order valence-electron chi connectivity index (χ1n) is 5.50. The zero-order chi connectivity index (χ0) is 12.8. The molecule has 0 N–H and O–H groups in total. The van der Waals surface area contributed by atoms with Crippen molar-refractivity contribution >= 4 is 9.84 Å². The van der Waals surface area contributed by atoms with Gasteiger partial charge in [0.2, 0.25) is 0 Å². The summed E-state index contributed by atoms with van der Waals surface area (Å²) in [5.41, 5.74) is 1.48.